The number of nitrogens with zero attached hydrogens (tertiary/aromatic N) is 1. The highest BCUT2D eigenvalue weighted by Crippen LogP contribution is 2.38. The van der Waals surface area contributed by atoms with Gasteiger partial charge in [-0.3, -0.25) is 9.36 Å². The first-order valence-electron chi connectivity index (χ1n) is 13.7. The van der Waals surface area contributed by atoms with Crippen LogP contribution in [-0.4, -0.2) is 51.3 Å². The first-order valence-corrected chi connectivity index (χ1v) is 15.1. The molecule has 7 nitrogen and oxygen atoms in total. The van der Waals surface area contributed by atoms with E-state index in [4.69, 9.17) is 13.8 Å². The third-order valence-corrected chi connectivity index (χ3v) is 6.78. The molecule has 2 atom stereocenters. The summed E-state index contributed by atoms with van der Waals surface area (Å²) in [7, 11) is -0.655. The van der Waals surface area contributed by atoms with Crippen molar-refractivity contribution in [2.24, 2.45) is 5.92 Å². The molecule has 0 aliphatic carbocycles. The predicted octanol–water partition coefficient (Wildman–Crippen LogP) is 6.49. The largest absolute Gasteiger partial charge is 0.756 e. The fourth-order valence-corrected chi connectivity index (χ4v) is 4.40. The molecular formula is C26H53NO6P-. The number of unbranched alkanes of at least 4 members (excludes halogenated alkanes) is 14. The van der Waals surface area contributed by atoms with Crippen LogP contribution in [0.4, 0.5) is 0 Å². The Bertz CT molecular complexity index is 518. The smallest absolute Gasteiger partial charge is 0.305 e. The topological polar surface area (TPSA) is 88.1 Å². The van der Waals surface area contributed by atoms with Crippen LogP contribution in [0.25, 0.3) is 0 Å². The SMILES string of the molecule is CCCCCCCCCCCCCCCCCC(=O)OCC(C)COP(=O)([O-])OCCN(C)C. The van der Waals surface area contributed by atoms with Gasteiger partial charge in [-0.2, -0.15) is 0 Å². The van der Waals surface area contributed by atoms with E-state index in [9.17, 15) is 14.3 Å². The van der Waals surface area contributed by atoms with Gasteiger partial charge in [0.1, 0.15) is 0 Å². The second-order valence-corrected chi connectivity index (χ2v) is 11.3. The van der Waals surface area contributed by atoms with Gasteiger partial charge < -0.3 is 23.6 Å². The molecule has 0 aromatic heterocycles. The summed E-state index contributed by atoms with van der Waals surface area (Å²) in [6.07, 6.45) is 19.8. The summed E-state index contributed by atoms with van der Waals surface area (Å²) in [5, 5.41) is 0. The zero-order chi connectivity index (χ0) is 25.5. The molecule has 0 bridgehead atoms. The number of hydrogen-bond donors (Lipinski definition) is 0. The molecule has 2 unspecified atom stereocenters. The number of esters is 1. The Morgan fingerprint density at radius 1 is 0.794 bits per heavy atom. The first kappa shape index (κ1) is 33.5. The van der Waals surface area contributed by atoms with Crippen molar-refractivity contribution in [3.05, 3.63) is 0 Å². The maximum Gasteiger partial charge on any atom is 0.305 e. The summed E-state index contributed by atoms with van der Waals surface area (Å²) in [5.74, 6) is -0.446. The van der Waals surface area contributed by atoms with E-state index in [-0.39, 0.29) is 31.7 Å². The van der Waals surface area contributed by atoms with Crippen LogP contribution < -0.4 is 4.89 Å². The first-order chi connectivity index (χ1) is 16.3. The van der Waals surface area contributed by atoms with Crippen LogP contribution in [0.15, 0.2) is 0 Å². The number of ether oxygens (including phenoxy) is 1. The van der Waals surface area contributed by atoms with Gasteiger partial charge in [0.2, 0.25) is 0 Å². The van der Waals surface area contributed by atoms with Gasteiger partial charge in [0.05, 0.1) is 19.8 Å². The van der Waals surface area contributed by atoms with Crippen LogP contribution in [0.5, 0.6) is 0 Å². The lowest BCUT2D eigenvalue weighted by atomic mass is 10.0. The highest BCUT2D eigenvalue weighted by atomic mass is 31.2. The number of phosphoric ester groups is 1. The quantitative estimate of drug-likeness (QED) is 0.0794. The number of hydrogen-bond acceptors (Lipinski definition) is 7. The highest BCUT2D eigenvalue weighted by Gasteiger charge is 2.14. The number of phosphoric acid groups is 1. The second-order valence-electron chi connectivity index (χ2n) is 9.87. The van der Waals surface area contributed by atoms with Gasteiger partial charge in [-0.05, 0) is 20.5 Å². The van der Waals surface area contributed by atoms with Crippen molar-refractivity contribution in [1.29, 1.82) is 0 Å². The van der Waals surface area contributed by atoms with E-state index < -0.39 is 7.82 Å². The van der Waals surface area contributed by atoms with Crippen molar-refractivity contribution < 1.29 is 28.0 Å². The lowest BCUT2D eigenvalue weighted by molar-refractivity contribution is -0.226. The van der Waals surface area contributed by atoms with Crippen LogP contribution in [0.1, 0.15) is 117 Å². The number of carbonyl (C=O) groups is 1. The van der Waals surface area contributed by atoms with E-state index in [1.54, 1.807) is 6.92 Å². The average Bonchev–Trinajstić information content (AvgIpc) is 2.78. The Kier molecular flexibility index (Phi) is 22.7. The molecule has 34 heavy (non-hydrogen) atoms. The molecule has 0 saturated heterocycles. The lowest BCUT2D eigenvalue weighted by Crippen LogP contribution is -2.21. The molecule has 0 radical (unpaired) electrons. The van der Waals surface area contributed by atoms with Crippen molar-refractivity contribution in [2.75, 3.05) is 40.5 Å². The third kappa shape index (κ3) is 24.7. The molecule has 8 heteroatoms. The monoisotopic (exact) mass is 506 g/mol. The van der Waals surface area contributed by atoms with Crippen molar-refractivity contribution in [2.45, 2.75) is 117 Å². The van der Waals surface area contributed by atoms with Crippen molar-refractivity contribution >= 4 is 13.8 Å². The van der Waals surface area contributed by atoms with Crippen molar-refractivity contribution in [1.82, 2.24) is 4.90 Å². The van der Waals surface area contributed by atoms with Gasteiger partial charge in [-0.25, -0.2) is 0 Å². The Morgan fingerprint density at radius 2 is 1.26 bits per heavy atom. The summed E-state index contributed by atoms with van der Waals surface area (Å²) in [6, 6.07) is 0. The van der Waals surface area contributed by atoms with E-state index in [0.29, 0.717) is 13.0 Å². The number of carbonyl (C=O) groups excluding carboxylic acids is 1. The van der Waals surface area contributed by atoms with Crippen molar-refractivity contribution in [3.8, 4) is 0 Å². The van der Waals surface area contributed by atoms with Gasteiger partial charge >= 0.3 is 5.97 Å². The number of likely N-dealkylation sites (N-methyl/N-ethyl adjacent to an activating group) is 1. The summed E-state index contributed by atoms with van der Waals surface area (Å²) in [6.45, 7) is 4.67. The van der Waals surface area contributed by atoms with Crippen LogP contribution >= 0.6 is 7.82 Å². The Balaban J connectivity index is 3.48. The summed E-state index contributed by atoms with van der Waals surface area (Å²) in [5.41, 5.74) is 0. The number of rotatable bonds is 25. The van der Waals surface area contributed by atoms with Crippen LogP contribution in [0.2, 0.25) is 0 Å². The van der Waals surface area contributed by atoms with E-state index in [1.807, 2.05) is 19.0 Å². The van der Waals surface area contributed by atoms with Gasteiger partial charge in [0.15, 0.2) is 0 Å². The normalized spacial score (nSPS) is 14.3. The molecule has 0 spiro atoms. The van der Waals surface area contributed by atoms with Crippen LogP contribution in [0, 0.1) is 5.92 Å². The molecule has 0 N–H and O–H groups in total. The highest BCUT2D eigenvalue weighted by molar-refractivity contribution is 7.45. The molecule has 0 heterocycles. The Morgan fingerprint density at radius 3 is 1.74 bits per heavy atom. The maximum absolute atomic E-state index is 11.9. The summed E-state index contributed by atoms with van der Waals surface area (Å²) >= 11 is 0. The second kappa shape index (κ2) is 23.0. The average molecular weight is 507 g/mol. The zero-order valence-corrected chi connectivity index (χ0v) is 23.5. The Labute approximate surface area is 209 Å². The minimum absolute atomic E-state index is 0.0520. The van der Waals surface area contributed by atoms with E-state index in [0.717, 1.165) is 12.8 Å². The standard InChI is InChI=1S/C26H54NO6P/c1-5-6-7-8-9-10-11-12-13-14-15-16-17-18-19-20-26(28)31-23-25(2)24-33-34(29,30)32-22-21-27(3)4/h25H,5-24H2,1-4H3,(H,29,30)/p-1. The van der Waals surface area contributed by atoms with Crippen LogP contribution in [0.3, 0.4) is 0 Å². The molecule has 0 rings (SSSR count). The summed E-state index contributed by atoms with van der Waals surface area (Å²) in [4.78, 5) is 25.4. The molecule has 0 amide bonds. The van der Waals surface area contributed by atoms with Gasteiger partial charge in [0, 0.05) is 18.9 Å². The van der Waals surface area contributed by atoms with E-state index >= 15 is 0 Å². The molecule has 0 saturated carbocycles. The molecule has 0 aliphatic rings. The zero-order valence-electron chi connectivity index (χ0n) is 22.6. The predicted molar refractivity (Wildman–Crippen MR) is 138 cm³/mol. The minimum atomic E-state index is -4.31. The minimum Gasteiger partial charge on any atom is -0.756 e. The lowest BCUT2D eigenvalue weighted by Gasteiger charge is -2.25. The molecule has 0 aromatic carbocycles. The molecule has 0 aromatic rings. The molecular weight excluding hydrogens is 453 g/mol. The summed E-state index contributed by atoms with van der Waals surface area (Å²) < 4.78 is 26.6. The molecule has 0 fully saturated rings. The molecule has 204 valence electrons. The fourth-order valence-electron chi connectivity index (χ4n) is 3.59. The third-order valence-electron chi connectivity index (χ3n) is 5.82. The van der Waals surface area contributed by atoms with Gasteiger partial charge in [-0.15, -0.1) is 0 Å². The van der Waals surface area contributed by atoms with Gasteiger partial charge in [0.25, 0.3) is 7.82 Å². The van der Waals surface area contributed by atoms with E-state index in [2.05, 4.69) is 6.92 Å². The van der Waals surface area contributed by atoms with Gasteiger partial charge in [-0.1, -0.05) is 104 Å². The fraction of sp³-hybridized carbons (Fsp3) is 0.962. The van der Waals surface area contributed by atoms with Crippen molar-refractivity contribution in [3.63, 3.8) is 0 Å². The maximum atomic E-state index is 11.9. The van der Waals surface area contributed by atoms with E-state index in [1.165, 1.54) is 83.5 Å². The van der Waals surface area contributed by atoms with Crippen LogP contribution in [-0.2, 0) is 23.1 Å². The molecule has 0 aliphatic heterocycles. The Hall–Kier alpha value is -0.460.